The molecule has 2 rings (SSSR count). The Kier molecular flexibility index (Phi) is 1.61. The van der Waals surface area contributed by atoms with Gasteiger partial charge in [-0.2, -0.15) is 0 Å². The molecule has 0 amide bonds. The number of hydrogen-bond donors (Lipinski definition) is 0. The third-order valence-corrected chi connectivity index (χ3v) is 2.04. The van der Waals surface area contributed by atoms with E-state index in [1.807, 2.05) is 37.4 Å². The van der Waals surface area contributed by atoms with Crippen LogP contribution >= 0.6 is 0 Å². The molecule has 1 aromatic carbocycles. The van der Waals surface area contributed by atoms with Crippen molar-refractivity contribution < 1.29 is 0 Å². The van der Waals surface area contributed by atoms with Gasteiger partial charge in [0, 0.05) is 11.9 Å². The van der Waals surface area contributed by atoms with Gasteiger partial charge in [0.1, 0.15) is 7.85 Å². The number of nitrogens with zero attached hydrogens (tertiary/aromatic N) is 1. The van der Waals surface area contributed by atoms with Crippen molar-refractivity contribution in [3.8, 4) is 0 Å². The lowest BCUT2D eigenvalue weighted by molar-refractivity contribution is 1.24. The van der Waals surface area contributed by atoms with Gasteiger partial charge in [0.25, 0.3) is 0 Å². The van der Waals surface area contributed by atoms with Crippen LogP contribution in [0.2, 0.25) is 0 Å². The van der Waals surface area contributed by atoms with E-state index in [2.05, 4.69) is 4.98 Å². The van der Waals surface area contributed by atoms with Crippen LogP contribution in [-0.2, 0) is 0 Å². The van der Waals surface area contributed by atoms with E-state index in [9.17, 15) is 0 Å². The summed E-state index contributed by atoms with van der Waals surface area (Å²) in [5, 5.41) is 2.19. The van der Waals surface area contributed by atoms with Crippen LogP contribution in [0.15, 0.2) is 30.5 Å². The molecule has 0 bridgehead atoms. The van der Waals surface area contributed by atoms with Crippen molar-refractivity contribution in [2.75, 3.05) is 0 Å². The summed E-state index contributed by atoms with van der Waals surface area (Å²) >= 11 is 0. The van der Waals surface area contributed by atoms with E-state index in [0.29, 0.717) is 0 Å². The first kappa shape index (κ1) is 7.35. The lowest BCUT2D eigenvalue weighted by Crippen LogP contribution is -2.10. The van der Waals surface area contributed by atoms with Crippen molar-refractivity contribution in [1.82, 2.24) is 4.98 Å². The number of benzene rings is 1. The van der Waals surface area contributed by atoms with Crippen LogP contribution in [0.3, 0.4) is 0 Å². The van der Waals surface area contributed by atoms with E-state index in [4.69, 9.17) is 7.85 Å². The van der Waals surface area contributed by atoms with Gasteiger partial charge in [0.05, 0.1) is 0 Å². The number of aromatic nitrogens is 1. The third kappa shape index (κ3) is 1.000. The van der Waals surface area contributed by atoms with Crippen molar-refractivity contribution in [2.45, 2.75) is 6.92 Å². The molecule has 0 aliphatic heterocycles. The van der Waals surface area contributed by atoms with Gasteiger partial charge in [0.2, 0.25) is 0 Å². The minimum atomic E-state index is 0.785. The molecule has 0 atom stereocenters. The Morgan fingerprint density at radius 3 is 2.83 bits per heavy atom. The van der Waals surface area contributed by atoms with Gasteiger partial charge in [0.15, 0.2) is 0 Å². The van der Waals surface area contributed by atoms with Crippen LogP contribution < -0.4 is 5.46 Å². The van der Waals surface area contributed by atoms with Crippen LogP contribution in [0.5, 0.6) is 0 Å². The molecule has 2 radical (unpaired) electrons. The maximum atomic E-state index is 5.86. The first-order valence-corrected chi connectivity index (χ1v) is 3.89. The molecule has 0 N–H and O–H groups in total. The van der Waals surface area contributed by atoms with Crippen LogP contribution in [-0.4, -0.2) is 12.8 Å². The maximum absolute atomic E-state index is 5.86. The van der Waals surface area contributed by atoms with E-state index >= 15 is 0 Å². The lowest BCUT2D eigenvalue weighted by atomic mass is 9.89. The normalized spacial score (nSPS) is 10.4. The summed E-state index contributed by atoms with van der Waals surface area (Å²) in [7, 11) is 5.86. The minimum Gasteiger partial charge on any atom is -0.262 e. The Morgan fingerprint density at radius 2 is 2.00 bits per heavy atom. The van der Waals surface area contributed by atoms with Crippen LogP contribution in [0.4, 0.5) is 0 Å². The zero-order valence-electron chi connectivity index (χ0n) is 6.91. The highest BCUT2D eigenvalue weighted by Crippen LogP contribution is 2.09. The Bertz CT molecular complexity index is 423. The summed E-state index contributed by atoms with van der Waals surface area (Å²) in [4.78, 5) is 4.18. The first-order valence-electron chi connectivity index (χ1n) is 3.89. The van der Waals surface area contributed by atoms with Crippen molar-refractivity contribution in [3.63, 3.8) is 0 Å². The molecule has 0 aliphatic carbocycles. The van der Waals surface area contributed by atoms with Crippen molar-refractivity contribution >= 4 is 24.1 Å². The fraction of sp³-hybridized carbons (Fsp3) is 0.100. The third-order valence-electron chi connectivity index (χ3n) is 2.04. The van der Waals surface area contributed by atoms with Gasteiger partial charge < -0.3 is 0 Å². The predicted molar refractivity (Wildman–Crippen MR) is 51.9 cm³/mol. The molecule has 1 heterocycles. The van der Waals surface area contributed by atoms with E-state index < -0.39 is 0 Å². The van der Waals surface area contributed by atoms with Gasteiger partial charge in [-0.1, -0.05) is 29.7 Å². The Labute approximate surface area is 72.8 Å². The van der Waals surface area contributed by atoms with Crippen molar-refractivity contribution in [1.29, 1.82) is 0 Å². The van der Waals surface area contributed by atoms with Gasteiger partial charge in [-0.05, 0) is 17.7 Å². The minimum absolute atomic E-state index is 0.785. The second kappa shape index (κ2) is 2.63. The SMILES string of the molecule is [B]c1c(C)ncc2ccccc12. The molecule has 0 saturated heterocycles. The molecule has 0 saturated carbocycles. The zero-order chi connectivity index (χ0) is 8.55. The quantitative estimate of drug-likeness (QED) is 0.520. The molecule has 0 spiro atoms. The monoisotopic (exact) mass is 153 g/mol. The molecule has 2 aromatic rings. The van der Waals surface area contributed by atoms with E-state index in [1.54, 1.807) is 0 Å². The molecule has 1 aromatic heterocycles. The Hall–Kier alpha value is -1.31. The van der Waals surface area contributed by atoms with Crippen LogP contribution in [0, 0.1) is 6.92 Å². The van der Waals surface area contributed by atoms with Gasteiger partial charge >= 0.3 is 0 Å². The Morgan fingerprint density at radius 1 is 1.25 bits per heavy atom. The number of aryl methyl sites for hydroxylation is 1. The van der Waals surface area contributed by atoms with Crippen molar-refractivity contribution in [3.05, 3.63) is 36.2 Å². The average molecular weight is 153 g/mol. The highest BCUT2D eigenvalue weighted by Gasteiger charge is 1.98. The smallest absolute Gasteiger partial charge is 0.117 e. The summed E-state index contributed by atoms with van der Waals surface area (Å²) < 4.78 is 0. The molecule has 0 unspecified atom stereocenters. The fourth-order valence-corrected chi connectivity index (χ4v) is 1.29. The largest absolute Gasteiger partial charge is 0.262 e. The van der Waals surface area contributed by atoms with E-state index in [0.717, 1.165) is 21.9 Å². The molecule has 0 fully saturated rings. The zero-order valence-corrected chi connectivity index (χ0v) is 6.91. The second-order valence-electron chi connectivity index (χ2n) is 2.84. The molecule has 2 heteroatoms. The highest BCUT2D eigenvalue weighted by atomic mass is 14.7. The summed E-state index contributed by atoms with van der Waals surface area (Å²) in [6.45, 7) is 1.92. The van der Waals surface area contributed by atoms with Crippen LogP contribution in [0.25, 0.3) is 10.8 Å². The predicted octanol–water partition coefficient (Wildman–Crippen LogP) is 1.34. The molecular weight excluding hydrogens is 145 g/mol. The number of hydrogen-bond acceptors (Lipinski definition) is 1. The summed E-state index contributed by atoms with van der Waals surface area (Å²) in [5.74, 6) is 0. The number of rotatable bonds is 0. The summed E-state index contributed by atoms with van der Waals surface area (Å²) in [6.07, 6.45) is 1.85. The second-order valence-corrected chi connectivity index (χ2v) is 2.84. The average Bonchev–Trinajstić information content (AvgIpc) is 2.12. The molecule has 0 aliphatic rings. The van der Waals surface area contributed by atoms with Gasteiger partial charge in [-0.15, -0.1) is 0 Å². The summed E-state index contributed by atoms with van der Waals surface area (Å²) in [6, 6.07) is 7.99. The fourth-order valence-electron chi connectivity index (χ4n) is 1.29. The van der Waals surface area contributed by atoms with Crippen LogP contribution in [0.1, 0.15) is 5.69 Å². The lowest BCUT2D eigenvalue weighted by Gasteiger charge is -2.03. The first-order chi connectivity index (χ1) is 5.79. The maximum Gasteiger partial charge on any atom is 0.117 e. The molecular formula is C10H8BN. The number of fused-ring (bicyclic) bond motifs is 1. The topological polar surface area (TPSA) is 12.9 Å². The van der Waals surface area contributed by atoms with E-state index in [-0.39, 0.29) is 0 Å². The van der Waals surface area contributed by atoms with Gasteiger partial charge in [-0.25, -0.2) is 0 Å². The molecule has 12 heavy (non-hydrogen) atoms. The highest BCUT2D eigenvalue weighted by molar-refractivity contribution is 6.39. The van der Waals surface area contributed by atoms with E-state index in [1.165, 1.54) is 0 Å². The van der Waals surface area contributed by atoms with Gasteiger partial charge in [-0.3, -0.25) is 4.98 Å². The number of pyridine rings is 1. The molecule has 1 nitrogen and oxygen atoms in total. The standard InChI is InChI=1S/C10H8BN/c1-7-10(11)9-5-3-2-4-8(9)6-12-7/h2-6H,1H3. The Balaban J connectivity index is 2.91. The molecule has 56 valence electrons. The summed E-state index contributed by atoms with van der Waals surface area (Å²) in [5.41, 5.74) is 1.68. The van der Waals surface area contributed by atoms with Crippen molar-refractivity contribution in [2.24, 2.45) is 0 Å².